The number of H-pyrrole nitrogens is 1. The van der Waals surface area contributed by atoms with Crippen molar-refractivity contribution in [1.29, 1.82) is 0 Å². The second-order valence-corrected chi connectivity index (χ2v) is 8.26. The van der Waals surface area contributed by atoms with Crippen LogP contribution in [0.25, 0.3) is 11.2 Å². The molecule has 3 atom stereocenters. The molecule has 32 heavy (non-hydrogen) atoms. The summed E-state index contributed by atoms with van der Waals surface area (Å²) >= 11 is 0. The molecule has 1 aliphatic rings. The van der Waals surface area contributed by atoms with E-state index >= 15 is 0 Å². The highest BCUT2D eigenvalue weighted by molar-refractivity contribution is 5.91. The van der Waals surface area contributed by atoms with E-state index in [0.29, 0.717) is 17.6 Å². The maximum atomic E-state index is 12.4. The van der Waals surface area contributed by atoms with Crippen LogP contribution in [0.5, 0.6) is 0 Å². The van der Waals surface area contributed by atoms with Crippen LogP contribution in [0.15, 0.2) is 41.5 Å². The molecule has 1 amide bonds. The molecule has 0 radical (unpaired) electrons. The van der Waals surface area contributed by atoms with Crippen LogP contribution < -0.4 is 10.9 Å². The van der Waals surface area contributed by atoms with Gasteiger partial charge in [0, 0.05) is 24.5 Å². The maximum absolute atomic E-state index is 12.4. The predicted molar refractivity (Wildman–Crippen MR) is 116 cm³/mol. The van der Waals surface area contributed by atoms with Gasteiger partial charge in [-0.3, -0.25) is 19.9 Å². The summed E-state index contributed by atoms with van der Waals surface area (Å²) in [5.74, 6) is -1.15. The number of hydrogen-bond acceptors (Lipinski definition) is 7. The highest BCUT2D eigenvalue weighted by Gasteiger charge is 2.43. The topological polar surface area (TPSA) is 139 Å². The number of nitrogens with one attached hydrogen (secondary N) is 2. The molecule has 1 aromatic carbocycles. The van der Waals surface area contributed by atoms with Crippen LogP contribution in [0.4, 0.5) is 5.95 Å². The summed E-state index contributed by atoms with van der Waals surface area (Å²) in [4.78, 5) is 47.9. The quantitative estimate of drug-likeness (QED) is 0.477. The van der Waals surface area contributed by atoms with Crippen molar-refractivity contribution in [3.05, 3.63) is 52.6 Å². The molecule has 0 unspecified atom stereocenters. The smallest absolute Gasteiger partial charge is 0.338 e. The number of amides is 1. The van der Waals surface area contributed by atoms with Crippen molar-refractivity contribution in [1.82, 2.24) is 19.5 Å². The van der Waals surface area contributed by atoms with Gasteiger partial charge < -0.3 is 14.4 Å². The largest absolute Gasteiger partial charge is 0.462 e. The Morgan fingerprint density at radius 3 is 2.75 bits per heavy atom. The van der Waals surface area contributed by atoms with Gasteiger partial charge in [0.25, 0.3) is 5.56 Å². The van der Waals surface area contributed by atoms with Crippen LogP contribution in [-0.2, 0) is 9.53 Å². The molecule has 4 rings (SSSR count). The Morgan fingerprint density at radius 2 is 2.06 bits per heavy atom. The number of esters is 1. The standard InChI is InChI=1S/C22H25N5O5/c1-12(2)19(29)25-22-24-18-17(20(30)26-22)23-11-27(18)16-8-14(9-28)15(16)10-32-21(31)13-6-4-3-5-7-13/h3-7,11-12,14-16,28H,8-10H2,1-2H3,(H2,24,25,26,29,30)/t14-,15-,16-/m1/s1. The number of carbonyl (C=O) groups excluding carboxylic acids is 2. The third kappa shape index (κ3) is 4.13. The first-order valence-corrected chi connectivity index (χ1v) is 10.5. The van der Waals surface area contributed by atoms with Gasteiger partial charge in [0.05, 0.1) is 18.5 Å². The van der Waals surface area contributed by atoms with E-state index < -0.39 is 11.5 Å². The van der Waals surface area contributed by atoms with Gasteiger partial charge in [-0.05, 0) is 24.5 Å². The number of anilines is 1. The fourth-order valence-electron chi connectivity index (χ4n) is 3.87. The monoisotopic (exact) mass is 439 g/mol. The van der Waals surface area contributed by atoms with Gasteiger partial charge in [-0.1, -0.05) is 32.0 Å². The number of imidazole rings is 1. The van der Waals surface area contributed by atoms with Crippen molar-refractivity contribution >= 4 is 29.0 Å². The minimum atomic E-state index is -0.460. The van der Waals surface area contributed by atoms with E-state index in [1.807, 2.05) is 6.07 Å². The van der Waals surface area contributed by atoms with E-state index in [0.717, 1.165) is 0 Å². The van der Waals surface area contributed by atoms with E-state index in [1.54, 1.807) is 42.7 Å². The number of aliphatic hydroxyl groups excluding tert-OH is 1. The van der Waals surface area contributed by atoms with Crippen LogP contribution >= 0.6 is 0 Å². The first-order chi connectivity index (χ1) is 15.4. The lowest BCUT2D eigenvalue weighted by molar-refractivity contribution is -0.118. The number of fused-ring (bicyclic) bond motifs is 1. The lowest BCUT2D eigenvalue weighted by atomic mass is 9.70. The Kier molecular flexibility index (Phi) is 6.04. The average molecular weight is 439 g/mol. The highest BCUT2D eigenvalue weighted by atomic mass is 16.5. The lowest BCUT2D eigenvalue weighted by Crippen LogP contribution is -2.43. The van der Waals surface area contributed by atoms with Crippen LogP contribution in [0.1, 0.15) is 36.7 Å². The van der Waals surface area contributed by atoms with Crippen LogP contribution in [0, 0.1) is 17.8 Å². The van der Waals surface area contributed by atoms with Crippen molar-refractivity contribution in [2.45, 2.75) is 26.3 Å². The molecule has 2 heterocycles. The highest BCUT2D eigenvalue weighted by Crippen LogP contribution is 2.45. The summed E-state index contributed by atoms with van der Waals surface area (Å²) < 4.78 is 7.25. The molecule has 3 aromatic rings. The summed E-state index contributed by atoms with van der Waals surface area (Å²) in [6.07, 6.45) is 2.14. The molecule has 3 N–H and O–H groups in total. The molecular formula is C22H25N5O5. The summed E-state index contributed by atoms with van der Waals surface area (Å²) in [6.45, 7) is 3.55. The number of ether oxygens (including phenoxy) is 1. The molecule has 10 nitrogen and oxygen atoms in total. The number of hydrogen-bond donors (Lipinski definition) is 3. The van der Waals surface area contributed by atoms with Crippen molar-refractivity contribution in [3.8, 4) is 0 Å². The normalized spacial score (nSPS) is 20.2. The molecular weight excluding hydrogens is 414 g/mol. The molecule has 1 aliphatic carbocycles. The zero-order valence-electron chi connectivity index (χ0n) is 17.8. The van der Waals surface area contributed by atoms with E-state index in [4.69, 9.17) is 4.74 Å². The van der Waals surface area contributed by atoms with E-state index in [9.17, 15) is 19.5 Å². The Labute approximate surface area is 183 Å². The number of rotatable bonds is 7. The zero-order valence-corrected chi connectivity index (χ0v) is 17.8. The molecule has 1 saturated carbocycles. The summed E-state index contributed by atoms with van der Waals surface area (Å²) in [7, 11) is 0. The minimum Gasteiger partial charge on any atom is -0.462 e. The van der Waals surface area contributed by atoms with Crippen LogP contribution in [0.2, 0.25) is 0 Å². The fourth-order valence-corrected chi connectivity index (χ4v) is 3.87. The Hall–Kier alpha value is -3.53. The van der Waals surface area contributed by atoms with Crippen molar-refractivity contribution in [3.63, 3.8) is 0 Å². The van der Waals surface area contributed by atoms with E-state index in [1.165, 1.54) is 6.33 Å². The Bertz CT molecular complexity index is 1190. The molecule has 10 heteroatoms. The second kappa shape index (κ2) is 8.91. The summed E-state index contributed by atoms with van der Waals surface area (Å²) in [5, 5.41) is 12.3. The first kappa shape index (κ1) is 21.7. The third-order valence-corrected chi connectivity index (χ3v) is 5.85. The van der Waals surface area contributed by atoms with Gasteiger partial charge in [-0.25, -0.2) is 9.78 Å². The Morgan fingerprint density at radius 1 is 1.31 bits per heavy atom. The van der Waals surface area contributed by atoms with Gasteiger partial charge in [-0.2, -0.15) is 4.98 Å². The lowest BCUT2D eigenvalue weighted by Gasteiger charge is -2.44. The maximum Gasteiger partial charge on any atom is 0.338 e. The van der Waals surface area contributed by atoms with Crippen molar-refractivity contribution < 1.29 is 19.4 Å². The SMILES string of the molecule is CC(C)C(=O)Nc1nc2c(ncn2[C@@H]2C[C@H](CO)[C@H]2COC(=O)c2ccccc2)c(=O)[nH]1. The number of benzene rings is 1. The van der Waals surface area contributed by atoms with Gasteiger partial charge in [0.2, 0.25) is 11.9 Å². The summed E-state index contributed by atoms with van der Waals surface area (Å²) in [6, 6.07) is 8.53. The third-order valence-electron chi connectivity index (χ3n) is 5.85. The minimum absolute atomic E-state index is 0.0413. The molecule has 168 valence electrons. The molecule has 1 fully saturated rings. The number of aromatic amines is 1. The van der Waals surface area contributed by atoms with Crippen LogP contribution in [0.3, 0.4) is 0 Å². The number of aliphatic hydroxyl groups is 1. The second-order valence-electron chi connectivity index (χ2n) is 8.26. The van der Waals surface area contributed by atoms with E-state index in [2.05, 4.69) is 20.3 Å². The van der Waals surface area contributed by atoms with Gasteiger partial charge in [0.1, 0.15) is 0 Å². The zero-order chi connectivity index (χ0) is 22.8. The first-order valence-electron chi connectivity index (χ1n) is 10.5. The number of aromatic nitrogens is 4. The van der Waals surface area contributed by atoms with Crippen molar-refractivity contribution in [2.75, 3.05) is 18.5 Å². The van der Waals surface area contributed by atoms with Crippen LogP contribution in [-0.4, -0.2) is 49.7 Å². The van der Waals surface area contributed by atoms with Crippen molar-refractivity contribution in [2.24, 2.45) is 17.8 Å². The molecule has 2 aromatic heterocycles. The average Bonchev–Trinajstić information content (AvgIpc) is 3.18. The molecule has 0 aliphatic heterocycles. The van der Waals surface area contributed by atoms with E-state index in [-0.39, 0.29) is 54.4 Å². The summed E-state index contributed by atoms with van der Waals surface area (Å²) in [5.41, 5.74) is 0.474. The van der Waals surface area contributed by atoms with Gasteiger partial charge in [0.15, 0.2) is 11.2 Å². The molecule has 0 bridgehead atoms. The van der Waals surface area contributed by atoms with Gasteiger partial charge in [-0.15, -0.1) is 0 Å². The van der Waals surface area contributed by atoms with Gasteiger partial charge >= 0.3 is 5.97 Å². The molecule has 0 saturated heterocycles. The Balaban J connectivity index is 1.56. The molecule has 0 spiro atoms. The number of carbonyl (C=O) groups is 2. The number of nitrogens with zero attached hydrogens (tertiary/aromatic N) is 3. The fraction of sp³-hybridized carbons (Fsp3) is 0.409. The predicted octanol–water partition coefficient (Wildman–Crippen LogP) is 1.74.